The highest BCUT2D eigenvalue weighted by Gasteiger charge is 2.30. The Bertz CT molecular complexity index is 928. The van der Waals surface area contributed by atoms with E-state index in [0.29, 0.717) is 30.8 Å². The van der Waals surface area contributed by atoms with Crippen LogP contribution in [0.3, 0.4) is 0 Å². The third-order valence-corrected chi connectivity index (χ3v) is 5.27. The Kier molecular flexibility index (Phi) is 6.26. The van der Waals surface area contributed by atoms with E-state index in [2.05, 4.69) is 10.3 Å². The molecule has 3 amide bonds. The quantitative estimate of drug-likeness (QED) is 0.855. The van der Waals surface area contributed by atoms with Crippen molar-refractivity contribution in [1.82, 2.24) is 20.1 Å². The molecule has 1 saturated heterocycles. The third-order valence-electron chi connectivity index (χ3n) is 5.27. The average molecular weight is 394 g/mol. The van der Waals surface area contributed by atoms with Gasteiger partial charge in [-0.3, -0.25) is 19.4 Å². The standard InChI is InChI=1S/C22H26N4O3/c1-15-6-5-9-24-19(15)13-20(27)26-11-10-25(14-16(26)2)22(29)18-8-4-7-17(12-18)21(28)23-3/h4-9,12,16H,10-11,13-14H2,1-3H3,(H,23,28)/t16-/m0/s1. The second-order valence-electron chi connectivity index (χ2n) is 7.29. The monoisotopic (exact) mass is 394 g/mol. The smallest absolute Gasteiger partial charge is 0.254 e. The van der Waals surface area contributed by atoms with E-state index in [1.807, 2.05) is 30.9 Å². The number of hydrogen-bond acceptors (Lipinski definition) is 4. The van der Waals surface area contributed by atoms with Crippen LogP contribution in [0.4, 0.5) is 0 Å². The Balaban J connectivity index is 1.65. The Morgan fingerprint density at radius 3 is 2.59 bits per heavy atom. The number of carbonyl (C=O) groups excluding carboxylic acids is 3. The van der Waals surface area contributed by atoms with Gasteiger partial charge in [-0.15, -0.1) is 0 Å². The van der Waals surface area contributed by atoms with E-state index >= 15 is 0 Å². The van der Waals surface area contributed by atoms with Gasteiger partial charge in [-0.1, -0.05) is 12.1 Å². The number of rotatable bonds is 4. The first-order chi connectivity index (χ1) is 13.9. The van der Waals surface area contributed by atoms with E-state index in [0.717, 1.165) is 11.3 Å². The van der Waals surface area contributed by atoms with Crippen molar-refractivity contribution in [2.45, 2.75) is 26.3 Å². The van der Waals surface area contributed by atoms with Crippen LogP contribution < -0.4 is 5.32 Å². The maximum Gasteiger partial charge on any atom is 0.254 e. The predicted molar refractivity (Wildman–Crippen MR) is 110 cm³/mol. The molecule has 0 spiro atoms. The molecule has 29 heavy (non-hydrogen) atoms. The number of piperazine rings is 1. The molecule has 152 valence electrons. The molecule has 0 saturated carbocycles. The maximum atomic E-state index is 12.9. The molecule has 1 N–H and O–H groups in total. The fourth-order valence-electron chi connectivity index (χ4n) is 3.58. The highest BCUT2D eigenvalue weighted by Crippen LogP contribution is 2.16. The number of hydrogen-bond donors (Lipinski definition) is 1. The summed E-state index contributed by atoms with van der Waals surface area (Å²) in [6, 6.07) is 10.4. The molecule has 3 rings (SSSR count). The first-order valence-electron chi connectivity index (χ1n) is 9.72. The molecule has 0 aliphatic carbocycles. The van der Waals surface area contributed by atoms with Gasteiger partial charge in [0.05, 0.1) is 12.1 Å². The van der Waals surface area contributed by atoms with Gasteiger partial charge in [-0.25, -0.2) is 0 Å². The largest absolute Gasteiger partial charge is 0.355 e. The van der Waals surface area contributed by atoms with Gasteiger partial charge in [-0.2, -0.15) is 0 Å². The molecule has 2 heterocycles. The number of aryl methyl sites for hydroxylation is 1. The van der Waals surface area contributed by atoms with Gasteiger partial charge in [0.2, 0.25) is 5.91 Å². The molecule has 1 aromatic heterocycles. The van der Waals surface area contributed by atoms with Gasteiger partial charge in [0.25, 0.3) is 11.8 Å². The topological polar surface area (TPSA) is 82.6 Å². The summed E-state index contributed by atoms with van der Waals surface area (Å²) < 4.78 is 0. The minimum Gasteiger partial charge on any atom is -0.355 e. The normalized spacial score (nSPS) is 16.4. The lowest BCUT2D eigenvalue weighted by Crippen LogP contribution is -2.55. The summed E-state index contributed by atoms with van der Waals surface area (Å²) in [7, 11) is 1.56. The first-order valence-corrected chi connectivity index (χ1v) is 9.72. The van der Waals surface area contributed by atoms with Gasteiger partial charge >= 0.3 is 0 Å². The zero-order chi connectivity index (χ0) is 21.0. The van der Waals surface area contributed by atoms with Crippen LogP contribution in [0.5, 0.6) is 0 Å². The van der Waals surface area contributed by atoms with Gasteiger partial charge in [0.15, 0.2) is 0 Å². The van der Waals surface area contributed by atoms with Crippen LogP contribution >= 0.6 is 0 Å². The van der Waals surface area contributed by atoms with Crippen LogP contribution in [0.25, 0.3) is 0 Å². The van der Waals surface area contributed by atoms with Crippen molar-refractivity contribution < 1.29 is 14.4 Å². The molecular weight excluding hydrogens is 368 g/mol. The first kappa shape index (κ1) is 20.5. The molecule has 2 aromatic rings. The van der Waals surface area contributed by atoms with Crippen LogP contribution in [0, 0.1) is 6.92 Å². The van der Waals surface area contributed by atoms with Gasteiger partial charge in [-0.05, 0) is 43.7 Å². The molecule has 7 heteroatoms. The minimum absolute atomic E-state index is 0.0213. The molecule has 1 aromatic carbocycles. The van der Waals surface area contributed by atoms with E-state index in [4.69, 9.17) is 0 Å². The third kappa shape index (κ3) is 4.62. The average Bonchev–Trinajstić information content (AvgIpc) is 2.74. The van der Waals surface area contributed by atoms with Crippen LogP contribution in [0.15, 0.2) is 42.6 Å². The molecule has 0 radical (unpaired) electrons. The lowest BCUT2D eigenvalue weighted by molar-refractivity contribution is -0.134. The summed E-state index contributed by atoms with van der Waals surface area (Å²) in [6.45, 7) is 5.29. The number of pyridine rings is 1. The second kappa shape index (κ2) is 8.86. The number of amides is 3. The van der Waals surface area contributed by atoms with Crippen LogP contribution in [0.1, 0.15) is 38.9 Å². The molecular formula is C22H26N4O3. The second-order valence-corrected chi connectivity index (χ2v) is 7.29. The van der Waals surface area contributed by atoms with Crippen molar-refractivity contribution in [3.05, 3.63) is 65.0 Å². The molecule has 0 unspecified atom stereocenters. The van der Waals surface area contributed by atoms with E-state index < -0.39 is 0 Å². The van der Waals surface area contributed by atoms with Crippen LogP contribution in [0.2, 0.25) is 0 Å². The van der Waals surface area contributed by atoms with E-state index in [9.17, 15) is 14.4 Å². The predicted octanol–water partition coefficient (Wildman–Crippen LogP) is 1.67. The minimum atomic E-state index is -0.228. The Morgan fingerprint density at radius 2 is 1.90 bits per heavy atom. The van der Waals surface area contributed by atoms with Crippen molar-refractivity contribution in [1.29, 1.82) is 0 Å². The zero-order valence-electron chi connectivity index (χ0n) is 17.0. The number of nitrogens with one attached hydrogen (secondary N) is 1. The molecule has 1 aliphatic heterocycles. The van der Waals surface area contributed by atoms with Crippen molar-refractivity contribution in [2.24, 2.45) is 0 Å². The van der Waals surface area contributed by atoms with Gasteiger partial charge in [0.1, 0.15) is 0 Å². The highest BCUT2D eigenvalue weighted by atomic mass is 16.2. The number of aromatic nitrogens is 1. The van der Waals surface area contributed by atoms with Crippen LogP contribution in [-0.2, 0) is 11.2 Å². The van der Waals surface area contributed by atoms with Crippen LogP contribution in [-0.4, -0.2) is 65.2 Å². The van der Waals surface area contributed by atoms with Crippen molar-refractivity contribution >= 4 is 17.7 Å². The molecule has 7 nitrogen and oxygen atoms in total. The summed E-state index contributed by atoms with van der Waals surface area (Å²) in [5.74, 6) is -0.337. The fraction of sp³-hybridized carbons (Fsp3) is 0.364. The van der Waals surface area contributed by atoms with Gasteiger partial charge < -0.3 is 15.1 Å². The van der Waals surface area contributed by atoms with Crippen molar-refractivity contribution in [3.8, 4) is 0 Å². The number of benzene rings is 1. The van der Waals surface area contributed by atoms with Gasteiger partial charge in [0, 0.05) is 50.0 Å². The highest BCUT2D eigenvalue weighted by molar-refractivity contribution is 5.99. The number of carbonyl (C=O) groups is 3. The molecule has 1 aliphatic rings. The summed E-state index contributed by atoms with van der Waals surface area (Å²) in [6.07, 6.45) is 1.96. The molecule has 1 atom stereocenters. The summed E-state index contributed by atoms with van der Waals surface area (Å²) in [4.78, 5) is 45.4. The maximum absolute atomic E-state index is 12.9. The fourth-order valence-corrected chi connectivity index (χ4v) is 3.58. The van der Waals surface area contributed by atoms with E-state index in [-0.39, 0.29) is 30.2 Å². The summed E-state index contributed by atoms with van der Waals surface area (Å²) in [5.41, 5.74) is 2.71. The SMILES string of the molecule is CNC(=O)c1cccc(C(=O)N2CCN(C(=O)Cc3ncccc3C)[C@@H](C)C2)c1. The van der Waals surface area contributed by atoms with E-state index in [1.54, 1.807) is 42.4 Å². The number of nitrogens with zero attached hydrogens (tertiary/aromatic N) is 3. The van der Waals surface area contributed by atoms with Crippen molar-refractivity contribution in [3.63, 3.8) is 0 Å². The summed E-state index contributed by atoms with van der Waals surface area (Å²) >= 11 is 0. The Labute approximate surface area is 170 Å². The molecule has 1 fully saturated rings. The Hall–Kier alpha value is -3.22. The Morgan fingerprint density at radius 1 is 1.14 bits per heavy atom. The lowest BCUT2D eigenvalue weighted by Gasteiger charge is -2.40. The lowest BCUT2D eigenvalue weighted by atomic mass is 10.1. The van der Waals surface area contributed by atoms with E-state index in [1.165, 1.54) is 0 Å². The summed E-state index contributed by atoms with van der Waals surface area (Å²) in [5, 5.41) is 2.56. The molecule has 0 bridgehead atoms. The van der Waals surface area contributed by atoms with Crippen molar-refractivity contribution in [2.75, 3.05) is 26.7 Å². The zero-order valence-corrected chi connectivity index (χ0v) is 17.0.